The second kappa shape index (κ2) is 25.5. The minimum Gasteiger partial charge on any atom is -0.492 e. The van der Waals surface area contributed by atoms with Crippen molar-refractivity contribution in [3.8, 4) is 11.5 Å². The Morgan fingerprint density at radius 3 is 1.11 bits per heavy atom. The van der Waals surface area contributed by atoms with Gasteiger partial charge in [-0.05, 0) is 176 Å². The summed E-state index contributed by atoms with van der Waals surface area (Å²) in [6, 6.07) is 25.6. The molecular weight excluding hydrogens is 1010 g/mol. The lowest BCUT2D eigenvalue weighted by Crippen LogP contribution is -2.22. The van der Waals surface area contributed by atoms with Crippen LogP contribution in [-0.4, -0.2) is 71.4 Å². The van der Waals surface area contributed by atoms with Crippen LogP contribution in [0, 0.1) is 27.7 Å². The lowest BCUT2D eigenvalue weighted by molar-refractivity contribution is 0.261. The lowest BCUT2D eigenvalue weighted by atomic mass is 10.1. The molecule has 0 radical (unpaired) electrons. The minimum absolute atomic E-state index is 0.00648. The molecular formula is C53H62N12O9S2. The van der Waals surface area contributed by atoms with Gasteiger partial charge in [-0.15, -0.1) is 10.2 Å². The Labute approximate surface area is 443 Å². The second-order valence-corrected chi connectivity index (χ2v) is 19.8. The number of carbonyl (C=O) groups excluding carboxylic acids is 1. The number of hydrogen-bond donors (Lipinski definition) is 4. The Bertz CT molecular complexity index is 3230. The predicted molar refractivity (Wildman–Crippen MR) is 296 cm³/mol. The number of benzene rings is 6. The first-order valence-electron chi connectivity index (χ1n) is 24.4. The standard InChI is InChI=1S/C53H62N12O9S2/c1-11-64(12-2)39-19-23-43(51(29-39)75(67,68)69)60-56-37-17-21-41(33(7)25-37)58-62-45-31-49(73-15-5)47(27-35(45)9)54-53(66)55-48-28-36(10)46(32-50(48)74-16-6)63-59-42-22-18-38(26-34(42)8)57-61-44-24-20-40(65(13-3)14-4)30-52(44)76(70,71)72/h17-32H,11-16H2,1-10H3,(H2,54,55,66)(H,67,68,69)(H,70,71,72). The second-order valence-electron chi connectivity index (χ2n) is 17.1. The smallest absolute Gasteiger partial charge is 0.323 e. The Hall–Kier alpha value is -7.99. The number of carbonyl (C=O) groups is 1. The molecule has 0 unspecified atom stereocenters. The van der Waals surface area contributed by atoms with Gasteiger partial charge in [0.1, 0.15) is 32.7 Å². The van der Waals surface area contributed by atoms with Crippen LogP contribution >= 0.6 is 0 Å². The predicted octanol–water partition coefficient (Wildman–Crippen LogP) is 15.2. The third-order valence-electron chi connectivity index (χ3n) is 11.8. The molecule has 0 fully saturated rings. The van der Waals surface area contributed by atoms with E-state index in [-0.39, 0.29) is 21.2 Å². The number of aryl methyl sites for hydroxylation is 4. The molecule has 0 aliphatic heterocycles. The molecule has 0 atom stereocenters. The van der Waals surface area contributed by atoms with E-state index in [1.807, 2.05) is 79.0 Å². The van der Waals surface area contributed by atoms with E-state index in [9.17, 15) is 30.7 Å². The first-order chi connectivity index (χ1) is 36.2. The van der Waals surface area contributed by atoms with Gasteiger partial charge in [-0.2, -0.15) is 47.5 Å². The van der Waals surface area contributed by atoms with E-state index in [2.05, 4.69) is 51.5 Å². The Balaban J connectivity index is 1.14. The monoisotopic (exact) mass is 1070 g/mol. The summed E-state index contributed by atoms with van der Waals surface area (Å²) in [6.07, 6.45) is 0. The van der Waals surface area contributed by atoms with Gasteiger partial charge < -0.3 is 29.9 Å². The van der Waals surface area contributed by atoms with Crippen LogP contribution in [0.4, 0.5) is 73.0 Å². The SMILES string of the molecule is CCOc1cc(N=Nc2ccc(N=Nc3ccc(N(CC)CC)cc3S(=O)(=O)O)cc2C)c(C)cc1NC(=O)Nc1cc(C)c(N=Nc2ccc(N=Nc3ccc(N(CC)CC)cc3S(=O)(=O)O)cc2C)cc1OCC. The summed E-state index contributed by atoms with van der Waals surface area (Å²) in [5.41, 5.74) is 7.71. The maximum Gasteiger partial charge on any atom is 0.323 e. The van der Waals surface area contributed by atoms with Crippen LogP contribution in [0.3, 0.4) is 0 Å². The maximum absolute atomic E-state index is 13.6. The molecule has 0 saturated heterocycles. The molecule has 21 nitrogen and oxygen atoms in total. The van der Waals surface area contributed by atoms with E-state index < -0.39 is 26.3 Å². The average Bonchev–Trinajstić information content (AvgIpc) is 3.38. The minimum atomic E-state index is -4.59. The average molecular weight is 1080 g/mol. The van der Waals surface area contributed by atoms with Crippen LogP contribution in [-0.2, 0) is 20.2 Å². The van der Waals surface area contributed by atoms with Crippen molar-refractivity contribution in [1.29, 1.82) is 0 Å². The highest BCUT2D eigenvalue weighted by molar-refractivity contribution is 7.86. The third-order valence-corrected chi connectivity index (χ3v) is 13.6. The normalized spacial score (nSPS) is 12.1. The summed E-state index contributed by atoms with van der Waals surface area (Å²) in [6.45, 7) is 21.9. The number of hydrogen-bond acceptors (Lipinski definition) is 17. The van der Waals surface area contributed by atoms with Gasteiger partial charge in [-0.1, -0.05) is 0 Å². The molecule has 0 aliphatic carbocycles. The summed E-state index contributed by atoms with van der Waals surface area (Å²) >= 11 is 0. The summed E-state index contributed by atoms with van der Waals surface area (Å²) in [5.74, 6) is 0.712. The van der Waals surface area contributed by atoms with Crippen molar-refractivity contribution in [2.75, 3.05) is 59.8 Å². The number of nitrogens with one attached hydrogen (secondary N) is 2. The molecule has 2 amide bonds. The molecule has 6 rings (SSSR count). The fraction of sp³-hybridized carbons (Fsp3) is 0.302. The van der Waals surface area contributed by atoms with Gasteiger partial charge in [0.25, 0.3) is 20.2 Å². The Morgan fingerprint density at radius 2 is 0.776 bits per heavy atom. The maximum atomic E-state index is 13.6. The molecule has 4 N–H and O–H groups in total. The summed E-state index contributed by atoms with van der Waals surface area (Å²) < 4.78 is 80.8. The van der Waals surface area contributed by atoms with E-state index in [4.69, 9.17) is 9.47 Å². The van der Waals surface area contributed by atoms with E-state index in [1.54, 1.807) is 72.8 Å². The van der Waals surface area contributed by atoms with Crippen LogP contribution < -0.4 is 29.9 Å². The van der Waals surface area contributed by atoms with Crippen LogP contribution in [0.1, 0.15) is 63.8 Å². The van der Waals surface area contributed by atoms with E-state index in [1.165, 1.54) is 24.3 Å². The molecule has 0 bridgehead atoms. The van der Waals surface area contributed by atoms with Crippen LogP contribution in [0.2, 0.25) is 0 Å². The van der Waals surface area contributed by atoms with Crippen molar-refractivity contribution in [3.05, 3.63) is 119 Å². The van der Waals surface area contributed by atoms with Gasteiger partial charge in [0, 0.05) is 49.7 Å². The number of ether oxygens (including phenoxy) is 2. The first-order valence-corrected chi connectivity index (χ1v) is 27.3. The highest BCUT2D eigenvalue weighted by atomic mass is 32.2. The van der Waals surface area contributed by atoms with Gasteiger partial charge >= 0.3 is 6.03 Å². The van der Waals surface area contributed by atoms with Crippen molar-refractivity contribution in [2.24, 2.45) is 40.9 Å². The van der Waals surface area contributed by atoms with Crippen molar-refractivity contribution in [3.63, 3.8) is 0 Å². The van der Waals surface area contributed by atoms with Gasteiger partial charge in [0.15, 0.2) is 0 Å². The third kappa shape index (κ3) is 14.6. The highest BCUT2D eigenvalue weighted by Gasteiger charge is 2.21. The zero-order valence-electron chi connectivity index (χ0n) is 44.0. The molecule has 0 aromatic heterocycles. The highest BCUT2D eigenvalue weighted by Crippen LogP contribution is 2.39. The van der Waals surface area contributed by atoms with Gasteiger partial charge in [-0.3, -0.25) is 9.11 Å². The molecule has 400 valence electrons. The quantitative estimate of drug-likeness (QED) is 0.0366. The van der Waals surface area contributed by atoms with Gasteiger partial charge in [0.05, 0.1) is 58.7 Å². The van der Waals surface area contributed by atoms with E-state index in [0.29, 0.717) is 130 Å². The molecule has 0 spiro atoms. The molecule has 0 aliphatic rings. The number of nitrogens with zero attached hydrogens (tertiary/aromatic N) is 10. The zero-order chi connectivity index (χ0) is 55.3. The van der Waals surface area contributed by atoms with Crippen LogP contribution in [0.25, 0.3) is 0 Å². The zero-order valence-corrected chi connectivity index (χ0v) is 45.7. The van der Waals surface area contributed by atoms with Crippen molar-refractivity contribution in [1.82, 2.24) is 0 Å². The molecule has 0 heterocycles. The van der Waals surface area contributed by atoms with E-state index >= 15 is 0 Å². The summed E-state index contributed by atoms with van der Waals surface area (Å²) in [7, 11) is -9.17. The molecule has 76 heavy (non-hydrogen) atoms. The summed E-state index contributed by atoms with van der Waals surface area (Å²) in [4.78, 5) is 16.8. The largest absolute Gasteiger partial charge is 0.492 e. The fourth-order valence-electron chi connectivity index (χ4n) is 7.81. The molecule has 0 saturated carbocycles. The summed E-state index contributed by atoms with van der Waals surface area (Å²) in [5, 5.41) is 40.4. The topological polar surface area (TPSA) is 274 Å². The van der Waals surface area contributed by atoms with Crippen LogP contribution in [0.5, 0.6) is 11.5 Å². The van der Waals surface area contributed by atoms with Crippen molar-refractivity contribution in [2.45, 2.75) is 79.0 Å². The van der Waals surface area contributed by atoms with Gasteiger partial charge in [-0.25, -0.2) is 4.79 Å². The number of rotatable bonds is 22. The van der Waals surface area contributed by atoms with E-state index in [0.717, 1.165) is 0 Å². The number of urea groups is 1. The fourth-order valence-corrected chi connectivity index (χ4v) is 9.10. The number of amides is 2. The number of azo groups is 4. The first kappa shape index (κ1) is 57.3. The molecule has 6 aromatic carbocycles. The lowest BCUT2D eigenvalue weighted by Gasteiger charge is -2.21. The van der Waals surface area contributed by atoms with Crippen molar-refractivity contribution >= 4 is 94.5 Å². The number of anilines is 4. The van der Waals surface area contributed by atoms with Gasteiger partial charge in [0.2, 0.25) is 0 Å². The van der Waals surface area contributed by atoms with Crippen LogP contribution in [0.15, 0.2) is 148 Å². The van der Waals surface area contributed by atoms with Crippen molar-refractivity contribution < 1.29 is 40.2 Å². The molecule has 6 aromatic rings. The molecule has 23 heteroatoms. The Morgan fingerprint density at radius 1 is 0.447 bits per heavy atom. The Kier molecular flexibility index (Phi) is 19.2.